The molecule has 2 aromatic rings. The molecule has 0 radical (unpaired) electrons. The van der Waals surface area contributed by atoms with E-state index in [0.717, 1.165) is 11.1 Å². The first kappa shape index (κ1) is 40.6. The molecule has 0 aliphatic rings. The highest BCUT2D eigenvalue weighted by Gasteiger charge is 2.27. The normalized spacial score (nSPS) is 12.1. The molecule has 15 nitrogen and oxygen atoms in total. The van der Waals surface area contributed by atoms with Gasteiger partial charge in [0, 0.05) is 6.42 Å². The van der Waals surface area contributed by atoms with Crippen LogP contribution >= 0.6 is 0 Å². The van der Waals surface area contributed by atoms with E-state index in [1.54, 1.807) is 42.5 Å². The minimum absolute atomic E-state index is 0. The van der Waals surface area contributed by atoms with Crippen molar-refractivity contribution in [3.63, 3.8) is 0 Å². The molecule has 0 saturated heterocycles. The van der Waals surface area contributed by atoms with Crippen molar-refractivity contribution in [2.45, 2.75) is 51.2 Å². The molecular formula is C28H43N5O10. The molecular weight excluding hydrogens is 566 g/mol. The standard InChI is InChI=1S/C28H37N5O7.3H2O/c1-17(2)12-23(28(39)40)33-27(38)22(14-18-6-4-3-5-7-18)32-25(36)16-30-24(35)15-31-26(37)21(29)13-19-8-10-20(34)11-9-19;;;/h3-11,17,21-23,34H,12-16,29H2,1-2H3,(H,30,35)(H,31,37)(H,32,36)(H,33,38)(H,39,40);3*1H2. The molecule has 3 atom stereocenters. The smallest absolute Gasteiger partial charge is 0.326 e. The van der Waals surface area contributed by atoms with E-state index in [1.165, 1.54) is 12.1 Å². The van der Waals surface area contributed by atoms with Gasteiger partial charge in [-0.1, -0.05) is 56.3 Å². The number of carbonyl (C=O) groups is 5. The third-order valence-electron chi connectivity index (χ3n) is 5.85. The predicted molar refractivity (Wildman–Crippen MR) is 158 cm³/mol. The zero-order chi connectivity index (χ0) is 29.7. The summed E-state index contributed by atoms with van der Waals surface area (Å²) >= 11 is 0. The topological polar surface area (TPSA) is 294 Å². The van der Waals surface area contributed by atoms with Crippen LogP contribution in [0.25, 0.3) is 0 Å². The first-order valence-corrected chi connectivity index (χ1v) is 12.9. The van der Waals surface area contributed by atoms with Crippen molar-refractivity contribution in [1.29, 1.82) is 0 Å². The Bertz CT molecular complexity index is 1160. The number of phenolic OH excluding ortho intramolecular Hbond substituents is 1. The van der Waals surface area contributed by atoms with Crippen LogP contribution in [0.3, 0.4) is 0 Å². The molecule has 240 valence electrons. The number of carboxylic acid groups (broad SMARTS) is 1. The Balaban J connectivity index is 0. The van der Waals surface area contributed by atoms with Crippen molar-refractivity contribution in [3.8, 4) is 5.75 Å². The molecule has 0 saturated carbocycles. The number of carbonyl (C=O) groups excluding carboxylic acids is 4. The number of aliphatic carboxylic acids is 1. The Morgan fingerprint density at radius 3 is 1.84 bits per heavy atom. The highest BCUT2D eigenvalue weighted by molar-refractivity contribution is 5.93. The van der Waals surface area contributed by atoms with Crippen LogP contribution in [0.15, 0.2) is 54.6 Å². The van der Waals surface area contributed by atoms with E-state index in [-0.39, 0.29) is 47.4 Å². The van der Waals surface area contributed by atoms with Gasteiger partial charge in [-0.3, -0.25) is 19.2 Å². The van der Waals surface area contributed by atoms with Crippen LogP contribution in [0.4, 0.5) is 0 Å². The second-order valence-electron chi connectivity index (χ2n) is 9.81. The van der Waals surface area contributed by atoms with Crippen molar-refractivity contribution >= 4 is 29.6 Å². The van der Waals surface area contributed by atoms with Gasteiger partial charge in [0.15, 0.2) is 0 Å². The molecule has 0 spiro atoms. The zero-order valence-electron chi connectivity index (χ0n) is 24.1. The Morgan fingerprint density at radius 2 is 1.28 bits per heavy atom. The Hall–Kier alpha value is -4.57. The number of amides is 4. The minimum Gasteiger partial charge on any atom is -0.508 e. The van der Waals surface area contributed by atoms with Gasteiger partial charge in [-0.05, 0) is 42.0 Å². The molecule has 0 bridgehead atoms. The number of rotatable bonds is 15. The molecule has 43 heavy (non-hydrogen) atoms. The van der Waals surface area contributed by atoms with Crippen molar-refractivity contribution in [3.05, 3.63) is 65.7 Å². The Labute approximate surface area is 249 Å². The first-order valence-electron chi connectivity index (χ1n) is 12.9. The van der Waals surface area contributed by atoms with Gasteiger partial charge in [0.25, 0.3) is 0 Å². The number of hydrogen-bond donors (Lipinski definition) is 7. The van der Waals surface area contributed by atoms with Crippen LogP contribution < -0.4 is 27.0 Å². The van der Waals surface area contributed by atoms with E-state index in [1.807, 2.05) is 13.8 Å². The predicted octanol–water partition coefficient (Wildman–Crippen LogP) is -2.64. The summed E-state index contributed by atoms with van der Waals surface area (Å²) in [5.41, 5.74) is 7.35. The highest BCUT2D eigenvalue weighted by Crippen LogP contribution is 2.11. The number of nitrogens with two attached hydrogens (primary N) is 1. The first-order chi connectivity index (χ1) is 18.9. The van der Waals surface area contributed by atoms with Gasteiger partial charge >= 0.3 is 5.97 Å². The third kappa shape index (κ3) is 15.3. The lowest BCUT2D eigenvalue weighted by molar-refractivity contribution is -0.142. The maximum Gasteiger partial charge on any atom is 0.326 e. The summed E-state index contributed by atoms with van der Waals surface area (Å²) in [6.07, 6.45) is 0.518. The Kier molecular flexibility index (Phi) is 19.2. The third-order valence-corrected chi connectivity index (χ3v) is 5.85. The van der Waals surface area contributed by atoms with E-state index in [2.05, 4.69) is 21.3 Å². The summed E-state index contributed by atoms with van der Waals surface area (Å²) in [5.74, 6) is -3.62. The fourth-order valence-electron chi connectivity index (χ4n) is 3.79. The summed E-state index contributed by atoms with van der Waals surface area (Å²) in [6.45, 7) is 2.78. The maximum atomic E-state index is 13.0. The van der Waals surface area contributed by atoms with Crippen LogP contribution in [0.5, 0.6) is 5.75 Å². The monoisotopic (exact) mass is 609 g/mol. The van der Waals surface area contributed by atoms with Gasteiger partial charge in [0.2, 0.25) is 23.6 Å². The average Bonchev–Trinajstić information content (AvgIpc) is 2.91. The summed E-state index contributed by atoms with van der Waals surface area (Å²) < 4.78 is 0. The van der Waals surface area contributed by atoms with Crippen LogP contribution in [-0.4, -0.2) is 87.5 Å². The fourth-order valence-corrected chi connectivity index (χ4v) is 3.79. The van der Waals surface area contributed by atoms with Crippen molar-refractivity contribution < 1.29 is 50.6 Å². The highest BCUT2D eigenvalue weighted by atomic mass is 16.4. The van der Waals surface area contributed by atoms with Crippen LogP contribution in [-0.2, 0) is 36.8 Å². The van der Waals surface area contributed by atoms with Gasteiger partial charge < -0.3 is 53.6 Å². The minimum atomic E-state index is -1.18. The van der Waals surface area contributed by atoms with Crippen LogP contribution in [0, 0.1) is 5.92 Å². The molecule has 15 heteroatoms. The van der Waals surface area contributed by atoms with Crippen molar-refractivity contribution in [2.75, 3.05) is 13.1 Å². The number of aromatic hydroxyl groups is 1. The molecule has 0 aromatic heterocycles. The SMILES string of the molecule is CC(C)CC(NC(=O)C(Cc1ccccc1)NC(=O)CNC(=O)CNC(=O)C(N)Cc1ccc(O)cc1)C(=O)O.O.O.O. The van der Waals surface area contributed by atoms with E-state index in [0.29, 0.717) is 0 Å². The number of hydrogen-bond acceptors (Lipinski definition) is 7. The van der Waals surface area contributed by atoms with Crippen LogP contribution in [0.1, 0.15) is 31.4 Å². The number of nitrogens with one attached hydrogen (secondary N) is 4. The van der Waals surface area contributed by atoms with E-state index in [9.17, 15) is 34.2 Å². The second-order valence-corrected chi connectivity index (χ2v) is 9.81. The van der Waals surface area contributed by atoms with Gasteiger partial charge in [-0.2, -0.15) is 0 Å². The molecule has 2 aromatic carbocycles. The lowest BCUT2D eigenvalue weighted by Gasteiger charge is -2.22. The summed E-state index contributed by atoms with van der Waals surface area (Å²) in [6, 6.07) is 12.0. The second kappa shape index (κ2) is 20.3. The van der Waals surface area contributed by atoms with Crippen LogP contribution in [0.2, 0.25) is 0 Å². The maximum absolute atomic E-state index is 13.0. The number of benzene rings is 2. The molecule has 0 aliphatic heterocycles. The van der Waals surface area contributed by atoms with Crippen molar-refractivity contribution in [1.82, 2.24) is 21.3 Å². The molecule has 3 unspecified atom stereocenters. The molecule has 4 amide bonds. The van der Waals surface area contributed by atoms with E-state index in [4.69, 9.17) is 5.73 Å². The lowest BCUT2D eigenvalue weighted by Crippen LogP contribution is -2.54. The largest absolute Gasteiger partial charge is 0.508 e. The van der Waals surface area contributed by atoms with Gasteiger partial charge in [-0.25, -0.2) is 4.79 Å². The van der Waals surface area contributed by atoms with E-state index < -0.39 is 60.8 Å². The Morgan fingerprint density at radius 1 is 0.721 bits per heavy atom. The van der Waals surface area contributed by atoms with Gasteiger partial charge in [0.1, 0.15) is 17.8 Å². The van der Waals surface area contributed by atoms with Gasteiger partial charge in [0.05, 0.1) is 19.1 Å². The number of phenols is 1. The summed E-state index contributed by atoms with van der Waals surface area (Å²) in [4.78, 5) is 61.6. The molecule has 2 rings (SSSR count). The molecule has 0 aliphatic carbocycles. The van der Waals surface area contributed by atoms with E-state index >= 15 is 0 Å². The lowest BCUT2D eigenvalue weighted by atomic mass is 10.0. The summed E-state index contributed by atoms with van der Waals surface area (Å²) in [5, 5.41) is 28.6. The van der Waals surface area contributed by atoms with Gasteiger partial charge in [-0.15, -0.1) is 0 Å². The molecule has 0 fully saturated rings. The molecule has 0 heterocycles. The summed E-state index contributed by atoms with van der Waals surface area (Å²) in [7, 11) is 0. The zero-order valence-corrected chi connectivity index (χ0v) is 24.1. The average molecular weight is 610 g/mol. The fraction of sp³-hybridized carbons (Fsp3) is 0.393. The van der Waals surface area contributed by atoms with Crippen molar-refractivity contribution in [2.24, 2.45) is 11.7 Å². The quantitative estimate of drug-likeness (QED) is 0.112. The molecule has 14 N–H and O–H groups in total. The number of carboxylic acids is 1.